The lowest BCUT2D eigenvalue weighted by Crippen LogP contribution is -2.01. The van der Waals surface area contributed by atoms with Crippen molar-refractivity contribution < 1.29 is 4.39 Å². The largest absolute Gasteiger partial charge is 0.378 e. The van der Waals surface area contributed by atoms with Crippen molar-refractivity contribution in [2.24, 2.45) is 0 Å². The fraction of sp³-hybridized carbons (Fsp3) is 0.0909. The number of hydrogen-bond donors (Lipinski definition) is 1. The minimum absolute atomic E-state index is 0.247. The maximum atomic E-state index is 12.7. The molecule has 0 unspecified atom stereocenters. The summed E-state index contributed by atoms with van der Waals surface area (Å²) in [6.07, 6.45) is 0. The van der Waals surface area contributed by atoms with Gasteiger partial charge in [0, 0.05) is 12.6 Å². The molecule has 0 spiro atoms. The van der Waals surface area contributed by atoms with E-state index in [-0.39, 0.29) is 16.1 Å². The molecule has 6 heteroatoms. The Labute approximate surface area is 108 Å². The molecule has 88 valence electrons. The number of aromatic nitrogens is 2. The van der Waals surface area contributed by atoms with Crippen molar-refractivity contribution >= 4 is 28.9 Å². The van der Waals surface area contributed by atoms with E-state index in [2.05, 4.69) is 15.5 Å². The first kappa shape index (κ1) is 12.1. The van der Waals surface area contributed by atoms with E-state index in [0.29, 0.717) is 12.2 Å². The standard InChI is InChI=1S/C11H8Cl2FN3/c12-10-5-9(11(13)17-16-10)15-6-7-1-3-8(14)4-2-7/h1-5H,6H2,(H,15,16). The third-order valence-corrected chi connectivity index (χ3v) is 2.58. The Morgan fingerprint density at radius 2 is 1.82 bits per heavy atom. The highest BCUT2D eigenvalue weighted by molar-refractivity contribution is 6.33. The molecule has 0 atom stereocenters. The molecule has 0 aliphatic carbocycles. The van der Waals surface area contributed by atoms with E-state index in [1.165, 1.54) is 12.1 Å². The lowest BCUT2D eigenvalue weighted by Gasteiger charge is -2.07. The fourth-order valence-corrected chi connectivity index (χ4v) is 1.58. The zero-order valence-electron chi connectivity index (χ0n) is 8.62. The average Bonchev–Trinajstić information content (AvgIpc) is 2.32. The molecule has 2 rings (SSSR count). The van der Waals surface area contributed by atoms with Crippen molar-refractivity contribution in [1.82, 2.24) is 10.2 Å². The van der Waals surface area contributed by atoms with E-state index < -0.39 is 0 Å². The molecule has 0 bridgehead atoms. The number of nitrogens with one attached hydrogen (secondary N) is 1. The van der Waals surface area contributed by atoms with Crippen molar-refractivity contribution in [3.8, 4) is 0 Å². The number of halogens is 3. The summed E-state index contributed by atoms with van der Waals surface area (Å²) in [5.74, 6) is -0.264. The van der Waals surface area contributed by atoms with Gasteiger partial charge in [0.15, 0.2) is 10.3 Å². The molecule has 0 fully saturated rings. The van der Waals surface area contributed by atoms with Gasteiger partial charge in [0.05, 0.1) is 5.69 Å². The Balaban J connectivity index is 2.07. The molecule has 1 aromatic heterocycles. The van der Waals surface area contributed by atoms with E-state index in [9.17, 15) is 4.39 Å². The highest BCUT2D eigenvalue weighted by Crippen LogP contribution is 2.21. The summed E-state index contributed by atoms with van der Waals surface area (Å²) in [6.45, 7) is 0.502. The average molecular weight is 272 g/mol. The predicted molar refractivity (Wildman–Crippen MR) is 65.8 cm³/mol. The van der Waals surface area contributed by atoms with Crippen LogP contribution in [-0.2, 0) is 6.54 Å². The molecule has 0 aliphatic rings. The van der Waals surface area contributed by atoms with Gasteiger partial charge < -0.3 is 5.32 Å². The van der Waals surface area contributed by atoms with Gasteiger partial charge in [-0.25, -0.2) is 4.39 Å². The Hall–Kier alpha value is -1.39. The van der Waals surface area contributed by atoms with Gasteiger partial charge in [0.2, 0.25) is 0 Å². The minimum atomic E-state index is -0.264. The first-order valence-electron chi connectivity index (χ1n) is 4.82. The molecule has 0 saturated carbocycles. The minimum Gasteiger partial charge on any atom is -0.378 e. The number of nitrogens with zero attached hydrogens (tertiary/aromatic N) is 2. The molecular weight excluding hydrogens is 264 g/mol. The van der Waals surface area contributed by atoms with Gasteiger partial charge in [-0.1, -0.05) is 35.3 Å². The summed E-state index contributed by atoms with van der Waals surface area (Å²) in [7, 11) is 0. The molecule has 1 aromatic carbocycles. The lowest BCUT2D eigenvalue weighted by atomic mass is 10.2. The summed E-state index contributed by atoms with van der Waals surface area (Å²) in [6, 6.07) is 7.76. The summed E-state index contributed by atoms with van der Waals surface area (Å²) in [5, 5.41) is 10.8. The fourth-order valence-electron chi connectivity index (χ4n) is 1.28. The summed E-state index contributed by atoms with van der Waals surface area (Å²) < 4.78 is 12.7. The van der Waals surface area contributed by atoms with E-state index in [1.807, 2.05) is 0 Å². The Bertz CT molecular complexity index is 517. The maximum absolute atomic E-state index is 12.7. The number of anilines is 1. The van der Waals surface area contributed by atoms with Crippen LogP contribution in [0.25, 0.3) is 0 Å². The summed E-state index contributed by atoms with van der Waals surface area (Å²) in [4.78, 5) is 0. The van der Waals surface area contributed by atoms with Crippen LogP contribution < -0.4 is 5.32 Å². The second-order valence-electron chi connectivity index (χ2n) is 3.35. The molecule has 0 aliphatic heterocycles. The van der Waals surface area contributed by atoms with E-state index >= 15 is 0 Å². The van der Waals surface area contributed by atoms with Crippen molar-refractivity contribution in [2.45, 2.75) is 6.54 Å². The first-order valence-corrected chi connectivity index (χ1v) is 5.58. The highest BCUT2D eigenvalue weighted by atomic mass is 35.5. The third-order valence-electron chi connectivity index (χ3n) is 2.12. The summed E-state index contributed by atoms with van der Waals surface area (Å²) in [5.41, 5.74) is 1.52. The van der Waals surface area contributed by atoms with Gasteiger partial charge in [0.1, 0.15) is 5.82 Å². The van der Waals surface area contributed by atoms with Gasteiger partial charge >= 0.3 is 0 Å². The van der Waals surface area contributed by atoms with Crippen molar-refractivity contribution in [2.75, 3.05) is 5.32 Å². The molecule has 0 radical (unpaired) electrons. The van der Waals surface area contributed by atoms with Gasteiger partial charge in [-0.05, 0) is 17.7 Å². The van der Waals surface area contributed by atoms with Crippen LogP contribution in [0.15, 0.2) is 30.3 Å². The Kier molecular flexibility index (Phi) is 3.76. The quantitative estimate of drug-likeness (QED) is 0.928. The first-order chi connectivity index (χ1) is 8.15. The molecule has 1 heterocycles. The molecular formula is C11H8Cl2FN3. The number of benzene rings is 1. The molecule has 3 nitrogen and oxygen atoms in total. The molecule has 0 amide bonds. The van der Waals surface area contributed by atoms with Crippen LogP contribution >= 0.6 is 23.2 Å². The lowest BCUT2D eigenvalue weighted by molar-refractivity contribution is 0.627. The van der Waals surface area contributed by atoms with E-state index in [4.69, 9.17) is 23.2 Å². The van der Waals surface area contributed by atoms with Crippen LogP contribution in [0.2, 0.25) is 10.3 Å². The normalized spacial score (nSPS) is 10.3. The predicted octanol–water partition coefficient (Wildman–Crippen LogP) is 3.53. The van der Waals surface area contributed by atoms with E-state index in [1.54, 1.807) is 18.2 Å². The third kappa shape index (κ3) is 3.28. The molecule has 0 saturated heterocycles. The van der Waals surface area contributed by atoms with Crippen LogP contribution in [-0.4, -0.2) is 10.2 Å². The van der Waals surface area contributed by atoms with Gasteiger partial charge in [-0.2, -0.15) is 0 Å². The smallest absolute Gasteiger partial charge is 0.174 e. The van der Waals surface area contributed by atoms with Crippen LogP contribution in [0.1, 0.15) is 5.56 Å². The van der Waals surface area contributed by atoms with Gasteiger partial charge in [-0.3, -0.25) is 0 Å². The number of hydrogen-bond acceptors (Lipinski definition) is 3. The zero-order chi connectivity index (χ0) is 12.3. The van der Waals surface area contributed by atoms with Crippen LogP contribution in [0.5, 0.6) is 0 Å². The molecule has 1 N–H and O–H groups in total. The van der Waals surface area contributed by atoms with E-state index in [0.717, 1.165) is 5.56 Å². The van der Waals surface area contributed by atoms with Crippen molar-refractivity contribution in [3.05, 3.63) is 52.0 Å². The Morgan fingerprint density at radius 1 is 1.12 bits per heavy atom. The van der Waals surface area contributed by atoms with Crippen molar-refractivity contribution in [1.29, 1.82) is 0 Å². The topological polar surface area (TPSA) is 37.8 Å². The Morgan fingerprint density at radius 3 is 2.53 bits per heavy atom. The molecule has 17 heavy (non-hydrogen) atoms. The van der Waals surface area contributed by atoms with Gasteiger partial charge in [-0.15, -0.1) is 10.2 Å². The number of rotatable bonds is 3. The second-order valence-corrected chi connectivity index (χ2v) is 4.10. The van der Waals surface area contributed by atoms with Crippen LogP contribution in [0.3, 0.4) is 0 Å². The van der Waals surface area contributed by atoms with Gasteiger partial charge in [0.25, 0.3) is 0 Å². The second kappa shape index (κ2) is 5.29. The van der Waals surface area contributed by atoms with Crippen LogP contribution in [0.4, 0.5) is 10.1 Å². The SMILES string of the molecule is Fc1ccc(CNc2cc(Cl)nnc2Cl)cc1. The van der Waals surface area contributed by atoms with Crippen molar-refractivity contribution in [3.63, 3.8) is 0 Å². The monoisotopic (exact) mass is 271 g/mol. The zero-order valence-corrected chi connectivity index (χ0v) is 10.1. The maximum Gasteiger partial charge on any atom is 0.174 e. The van der Waals surface area contributed by atoms with Crippen LogP contribution in [0, 0.1) is 5.82 Å². The molecule has 2 aromatic rings. The summed E-state index contributed by atoms with van der Waals surface area (Å²) >= 11 is 11.5. The highest BCUT2D eigenvalue weighted by Gasteiger charge is 2.03.